The molecule has 4 unspecified atom stereocenters. The quantitative estimate of drug-likeness (QED) is 0.155. The van der Waals surface area contributed by atoms with Crippen molar-refractivity contribution < 1.29 is 62.1 Å². The molecule has 0 spiro atoms. The summed E-state index contributed by atoms with van der Waals surface area (Å²) in [6.45, 7) is 36.2. The van der Waals surface area contributed by atoms with E-state index < -0.39 is 22.0 Å². The number of primary amides is 2. The monoisotopic (exact) mass is 1670 g/mol. The molecule has 0 saturated carbocycles. The first-order chi connectivity index (χ1) is 55.5. The van der Waals surface area contributed by atoms with Gasteiger partial charge in [0.15, 0.2) is 0 Å². The van der Waals surface area contributed by atoms with E-state index in [9.17, 15) is 42.0 Å². The number of aliphatic carboxylic acids is 2. The van der Waals surface area contributed by atoms with Crippen LogP contribution in [0.5, 0.6) is 0 Å². The second kappa shape index (κ2) is 58.9. The number of sulfonamides is 1. The van der Waals surface area contributed by atoms with E-state index >= 15 is 0 Å². The number of carbonyl (C=O) groups is 7. The van der Waals surface area contributed by atoms with Crippen molar-refractivity contribution in [2.45, 2.75) is 122 Å². The van der Waals surface area contributed by atoms with Crippen LogP contribution in [0.4, 0.5) is 0 Å². The Morgan fingerprint density at radius 2 is 0.821 bits per heavy atom. The van der Waals surface area contributed by atoms with Crippen LogP contribution in [0, 0.1) is 36.5 Å². The van der Waals surface area contributed by atoms with E-state index in [1.54, 1.807) is 28.8 Å². The minimum absolute atomic E-state index is 0.00579. The number of hydrogen-bond acceptors (Lipinski definition) is 23. The van der Waals surface area contributed by atoms with Gasteiger partial charge >= 0.3 is 11.9 Å². The number of hydrogen-bond donors (Lipinski definition) is 6. The van der Waals surface area contributed by atoms with E-state index in [1.165, 1.54) is 58.5 Å². The highest BCUT2D eigenvalue weighted by molar-refractivity contribution is 7.89. The number of rotatable bonds is 9. The topological polar surface area (TPSA) is 336 Å². The lowest BCUT2D eigenvalue weighted by Gasteiger charge is -2.32. The Balaban J connectivity index is 0.000000336. The number of amides is 5. The first-order valence-corrected chi connectivity index (χ1v) is 44.4. The van der Waals surface area contributed by atoms with Gasteiger partial charge in [0.1, 0.15) is 0 Å². The lowest BCUT2D eigenvalue weighted by atomic mass is 9.97. The average molecular weight is 1670 g/mol. The number of likely N-dealkylation sites (tertiary alicyclic amines) is 6. The van der Waals surface area contributed by atoms with Gasteiger partial charge < -0.3 is 90.1 Å². The number of carboxylic acids is 2. The number of nitrogens with zero attached hydrogens (tertiary/aromatic N) is 15. The second-order valence-corrected chi connectivity index (χ2v) is 36.0. The summed E-state index contributed by atoms with van der Waals surface area (Å²) in [7, 11) is 21.6. The highest BCUT2D eigenvalue weighted by Crippen LogP contribution is 2.21. The number of piperidine rings is 6. The van der Waals surface area contributed by atoms with Crippen molar-refractivity contribution in [3.05, 3.63) is 65.7 Å². The number of nitrogens with two attached hydrogens (primary N) is 2. The summed E-state index contributed by atoms with van der Waals surface area (Å²) in [6.07, 6.45) is 13.9. The Hall–Kier alpha value is -5.92. The Labute approximate surface area is 704 Å². The minimum Gasteiger partial charge on any atom is -0.481 e. The van der Waals surface area contributed by atoms with Crippen LogP contribution >= 0.6 is 0 Å². The average Bonchev–Trinajstić information content (AvgIpc) is 0.804. The molecule has 31 nitrogen and oxygen atoms in total. The standard InChI is InChI=1S/C13H18N2O.C12H18N2O2S.C7H14N2O2.3C7H14N2O.2C7H13NO2.C7H15N.C6H14N2.C5H11NO/c1-14-7-9-15(10-8-14)13(16)11-12-5-3-2-4-6-12;1-11-3-5-12(6-4-11)17(15,16)14-9-7-13(2)8-10-14;1-9-4-2-6(3-5-9)7(10)8-11;1-7(10)9-5-3-8(2)4-6-9;1-9-4-2-3-6(5-9)7(8)10;1-9-5-3-2-4-6(9)7(8)10;1-8-4-2-6(3-5-8)7(9)10;1-8-4-2-3-6(5-8)7(9)10;1-7-4-3-5-8(2)6-7;1-7-3-5-8(2)6-4-7;1-6-2-4-7-5-3-6/h2-6H,7-11H2,1H3;3-6H,7-10H2,1-2H3;6,11H,2-5H2,1H3,(H,8,10);3-6H2,1-2H3;2*6H,2-5H2,1H3,(H2,8,10);2*6H,2-5H2,1H3,(H,9,10);7H,3-6H2,1-2H3;3-6H2,1-2H3;2-5H2,1H3. The summed E-state index contributed by atoms with van der Waals surface area (Å²) >= 11 is 0. The van der Waals surface area contributed by atoms with E-state index in [4.69, 9.17) is 31.6 Å². The van der Waals surface area contributed by atoms with Crippen LogP contribution in [0.2, 0.25) is 0 Å². The number of piperazine rings is 4. The van der Waals surface area contributed by atoms with Crippen LogP contribution in [-0.2, 0) is 54.7 Å². The number of carbonyl (C=O) groups excluding carboxylic acids is 5. The molecule has 0 aliphatic carbocycles. The normalized spacial score (nSPS) is 23.8. The van der Waals surface area contributed by atoms with Gasteiger partial charge in [0.05, 0.1) is 48.3 Å². The largest absolute Gasteiger partial charge is 0.481 e. The van der Waals surface area contributed by atoms with Gasteiger partial charge in [-0.05, 0) is 245 Å². The number of aryl methyl sites for hydroxylation is 1. The molecule has 2 aromatic rings. The molecule has 117 heavy (non-hydrogen) atoms. The zero-order chi connectivity index (χ0) is 87.0. The highest BCUT2D eigenvalue weighted by atomic mass is 32.2. The van der Waals surface area contributed by atoms with Crippen molar-refractivity contribution in [2.24, 2.45) is 41.1 Å². The number of carboxylic acid groups (broad SMARTS) is 2. The smallest absolute Gasteiger partial charge is 0.307 e. The van der Waals surface area contributed by atoms with E-state index in [2.05, 4.69) is 103 Å². The fourth-order valence-electron chi connectivity index (χ4n) is 14.8. The van der Waals surface area contributed by atoms with Crippen LogP contribution < -0.4 is 16.9 Å². The zero-order valence-corrected chi connectivity index (χ0v) is 75.5. The SMILES string of the molecule is CC(=O)N1CCN(C)CC1.CC1CCCN(C)C1.CN1CCC(C(=O)NO)CC1.CN1CCC(C(=O)O)CC1.CN1CCCC(C(=O)O)C1.CN1CCCC(C(N)=O)C1.CN1CCCCC1C(N)=O.CN1CCN(C(=O)Cc2ccccc2)CC1.CN1CCN(C)CC1.CN1CCOCC1.Cc1ccc(S(=O)(=O)N2CCN(C)CC2)cc1. The molecule has 672 valence electrons. The Morgan fingerprint density at radius 1 is 0.419 bits per heavy atom. The Kier molecular flexibility index (Phi) is 53.0. The predicted octanol–water partition coefficient (Wildman–Crippen LogP) is 3.30. The van der Waals surface area contributed by atoms with Crippen molar-refractivity contribution in [1.29, 1.82) is 0 Å². The fraction of sp³-hybridized carbons (Fsp3) is 0.776. The van der Waals surface area contributed by atoms with Crippen molar-refractivity contribution in [3.63, 3.8) is 0 Å². The highest BCUT2D eigenvalue weighted by Gasteiger charge is 2.30. The number of morpholine rings is 1. The molecule has 11 aliphatic rings. The molecule has 11 heterocycles. The van der Waals surface area contributed by atoms with Gasteiger partial charge in [-0.1, -0.05) is 61.4 Å². The third-order valence-corrected chi connectivity index (χ3v) is 25.2. The van der Waals surface area contributed by atoms with Crippen LogP contribution in [0.1, 0.15) is 108 Å². The number of ether oxygens (including phenoxy) is 1. The summed E-state index contributed by atoms with van der Waals surface area (Å²) in [5.41, 5.74) is 14.2. The fourth-order valence-corrected chi connectivity index (χ4v) is 16.2. The van der Waals surface area contributed by atoms with Crippen LogP contribution in [0.3, 0.4) is 0 Å². The molecule has 2 aromatic carbocycles. The number of hydroxylamine groups is 1. The Morgan fingerprint density at radius 3 is 1.18 bits per heavy atom. The molecule has 5 amide bonds. The Bertz CT molecular complexity index is 3080. The molecule has 8 N–H and O–H groups in total. The first kappa shape index (κ1) is 105. The maximum Gasteiger partial charge on any atom is 0.307 e. The van der Waals surface area contributed by atoms with E-state index in [1.807, 2.05) is 106 Å². The van der Waals surface area contributed by atoms with E-state index in [0.717, 1.165) is 232 Å². The van der Waals surface area contributed by atoms with Gasteiger partial charge in [-0.2, -0.15) is 4.31 Å². The second-order valence-electron chi connectivity index (χ2n) is 34.0. The summed E-state index contributed by atoms with van der Waals surface area (Å²) < 4.78 is 31.3. The molecule has 4 atom stereocenters. The molecule has 0 bridgehead atoms. The van der Waals surface area contributed by atoms with Gasteiger partial charge in [0.2, 0.25) is 39.6 Å². The number of benzene rings is 2. The van der Waals surface area contributed by atoms with Gasteiger partial charge in [0.25, 0.3) is 0 Å². The van der Waals surface area contributed by atoms with Crippen LogP contribution in [0.15, 0.2) is 59.5 Å². The maximum atomic E-state index is 12.3. The number of nitrogens with one attached hydrogen (secondary N) is 1. The lowest BCUT2D eigenvalue weighted by molar-refractivity contribution is -0.144. The van der Waals surface area contributed by atoms with Crippen LogP contribution in [-0.4, -0.2) is 432 Å². The molecule has 11 fully saturated rings. The van der Waals surface area contributed by atoms with Crippen molar-refractivity contribution >= 4 is 51.5 Å². The predicted molar refractivity (Wildman–Crippen MR) is 465 cm³/mol. The minimum atomic E-state index is -3.30. The van der Waals surface area contributed by atoms with Crippen molar-refractivity contribution in [2.75, 3.05) is 288 Å². The van der Waals surface area contributed by atoms with Gasteiger partial charge in [-0.25, -0.2) is 13.9 Å². The van der Waals surface area contributed by atoms with Gasteiger partial charge in [-0.3, -0.25) is 43.7 Å². The molecule has 0 radical (unpaired) electrons. The van der Waals surface area contributed by atoms with E-state index in [0.29, 0.717) is 24.4 Å². The third-order valence-electron chi connectivity index (χ3n) is 23.3. The lowest BCUT2D eigenvalue weighted by Crippen LogP contribution is -2.47. The van der Waals surface area contributed by atoms with Crippen LogP contribution in [0.25, 0.3) is 0 Å². The molecule has 0 aromatic heterocycles. The first-order valence-electron chi connectivity index (χ1n) is 42.9. The van der Waals surface area contributed by atoms with Crippen molar-refractivity contribution in [3.8, 4) is 0 Å². The molecule has 11 saturated heterocycles. The third kappa shape index (κ3) is 46.1. The molecular formula is C85H158N18O13S. The van der Waals surface area contributed by atoms with Gasteiger partial charge in [-0.15, -0.1) is 0 Å². The molecule has 13 rings (SSSR count). The van der Waals surface area contributed by atoms with Crippen molar-refractivity contribution in [1.82, 2.24) is 78.4 Å². The summed E-state index contributed by atoms with van der Waals surface area (Å²) in [5, 5.41) is 25.6. The molecular weight excluding hydrogens is 1510 g/mol. The number of likely N-dealkylation sites (N-methyl/N-ethyl adjacent to an activating group) is 7. The summed E-state index contributed by atoms with van der Waals surface area (Å²) in [5.74, 6) is -0.558. The zero-order valence-electron chi connectivity index (χ0n) is 74.7. The maximum absolute atomic E-state index is 12.3. The molecule has 32 heteroatoms. The molecule has 11 aliphatic heterocycles. The summed E-state index contributed by atoms with van der Waals surface area (Å²) in [4.78, 5) is 107. The van der Waals surface area contributed by atoms with Gasteiger partial charge in [0, 0.05) is 150 Å². The van der Waals surface area contributed by atoms with E-state index in [-0.39, 0.29) is 59.2 Å². The summed E-state index contributed by atoms with van der Waals surface area (Å²) in [6, 6.07) is 17.0.